The van der Waals surface area contributed by atoms with Gasteiger partial charge in [0.2, 0.25) is 6.79 Å². The van der Waals surface area contributed by atoms with E-state index in [9.17, 15) is 13.2 Å². The van der Waals surface area contributed by atoms with Crippen molar-refractivity contribution in [3.05, 3.63) is 48.0 Å². The summed E-state index contributed by atoms with van der Waals surface area (Å²) in [6, 6.07) is 10.8. The molecule has 0 atom stereocenters. The first kappa shape index (κ1) is 16.7. The van der Waals surface area contributed by atoms with Crippen LogP contribution in [-0.4, -0.2) is 39.1 Å². The van der Waals surface area contributed by atoms with Gasteiger partial charge < -0.3 is 14.4 Å². The molecule has 0 saturated carbocycles. The Morgan fingerprint density at radius 2 is 1.65 bits per heavy atom. The lowest BCUT2D eigenvalue weighted by molar-refractivity contribution is 0.0792. The number of likely N-dealkylation sites (tertiary alicyclic amines) is 1. The highest BCUT2D eigenvalue weighted by Crippen LogP contribution is 2.34. The number of carbonyl (C=O) groups excluding carboxylic acids is 1. The molecule has 8 heteroatoms. The van der Waals surface area contributed by atoms with Crippen molar-refractivity contribution in [2.24, 2.45) is 0 Å². The topological polar surface area (TPSA) is 84.9 Å². The number of sulfonamides is 1. The highest BCUT2D eigenvalue weighted by atomic mass is 32.2. The molecular formula is C18H18N2O5S. The van der Waals surface area contributed by atoms with Crippen LogP contribution in [0.5, 0.6) is 11.5 Å². The Balaban J connectivity index is 1.51. The van der Waals surface area contributed by atoms with Crippen molar-refractivity contribution in [1.82, 2.24) is 4.90 Å². The summed E-state index contributed by atoms with van der Waals surface area (Å²) < 4.78 is 38.1. The molecule has 2 aromatic rings. The summed E-state index contributed by atoms with van der Waals surface area (Å²) in [6.45, 7) is 1.63. The number of carbonyl (C=O) groups is 1. The third kappa shape index (κ3) is 3.20. The Morgan fingerprint density at radius 1 is 0.962 bits per heavy atom. The molecule has 0 spiro atoms. The number of hydrogen-bond acceptors (Lipinski definition) is 5. The Kier molecular flexibility index (Phi) is 4.20. The number of nitrogens with zero attached hydrogens (tertiary/aromatic N) is 1. The zero-order chi connectivity index (χ0) is 18.1. The largest absolute Gasteiger partial charge is 0.454 e. The van der Waals surface area contributed by atoms with Gasteiger partial charge in [-0.25, -0.2) is 8.42 Å². The molecule has 0 unspecified atom stereocenters. The number of nitrogens with one attached hydrogen (secondary N) is 1. The Hall–Kier alpha value is -2.74. The minimum Gasteiger partial charge on any atom is -0.454 e. The zero-order valence-corrected chi connectivity index (χ0v) is 14.8. The van der Waals surface area contributed by atoms with Crippen LogP contribution in [0, 0.1) is 0 Å². The third-order valence-corrected chi connectivity index (χ3v) is 5.83. The monoisotopic (exact) mass is 374 g/mol. The van der Waals surface area contributed by atoms with Gasteiger partial charge in [-0.05, 0) is 49.2 Å². The Labute approximate surface area is 151 Å². The van der Waals surface area contributed by atoms with Gasteiger partial charge in [-0.2, -0.15) is 0 Å². The van der Waals surface area contributed by atoms with E-state index in [2.05, 4.69) is 4.72 Å². The molecule has 0 radical (unpaired) electrons. The smallest absolute Gasteiger partial charge is 0.261 e. The summed E-state index contributed by atoms with van der Waals surface area (Å²) >= 11 is 0. The number of ether oxygens (including phenoxy) is 2. The first-order chi connectivity index (χ1) is 12.5. The van der Waals surface area contributed by atoms with Crippen molar-refractivity contribution < 1.29 is 22.7 Å². The molecule has 1 saturated heterocycles. The highest BCUT2D eigenvalue weighted by Gasteiger charge is 2.21. The number of anilines is 1. The van der Waals surface area contributed by atoms with E-state index in [-0.39, 0.29) is 17.6 Å². The molecular weight excluding hydrogens is 356 g/mol. The van der Waals surface area contributed by atoms with E-state index < -0.39 is 10.0 Å². The predicted molar refractivity (Wildman–Crippen MR) is 95.0 cm³/mol. The summed E-state index contributed by atoms with van der Waals surface area (Å²) in [5.41, 5.74) is 0.875. The SMILES string of the molecule is O=C(c1ccc(S(=O)(=O)Nc2ccc3c(c2)OCO3)cc1)N1CCCC1. The molecule has 2 aromatic carbocycles. The fourth-order valence-corrected chi connectivity index (χ4v) is 4.10. The van der Waals surface area contributed by atoms with E-state index >= 15 is 0 Å². The average Bonchev–Trinajstić information content (AvgIpc) is 3.32. The van der Waals surface area contributed by atoms with E-state index in [0.717, 1.165) is 25.9 Å². The molecule has 0 aliphatic carbocycles. The number of fused-ring (bicyclic) bond motifs is 1. The van der Waals surface area contributed by atoms with Crippen LogP contribution in [0.2, 0.25) is 0 Å². The number of hydrogen-bond donors (Lipinski definition) is 1. The number of amides is 1. The van der Waals surface area contributed by atoms with Crippen LogP contribution in [-0.2, 0) is 10.0 Å². The molecule has 7 nitrogen and oxygen atoms in total. The van der Waals surface area contributed by atoms with E-state index in [1.807, 2.05) is 0 Å². The molecule has 26 heavy (non-hydrogen) atoms. The standard InChI is InChI=1S/C18H18N2O5S/c21-18(20-9-1-2-10-20)13-3-6-15(7-4-13)26(22,23)19-14-5-8-16-17(11-14)25-12-24-16/h3-8,11,19H,1-2,9-10,12H2. The fraction of sp³-hybridized carbons (Fsp3) is 0.278. The van der Waals surface area contributed by atoms with Gasteiger partial charge >= 0.3 is 0 Å². The molecule has 1 N–H and O–H groups in total. The van der Waals surface area contributed by atoms with E-state index in [1.54, 1.807) is 35.2 Å². The van der Waals surface area contributed by atoms with Crippen molar-refractivity contribution in [1.29, 1.82) is 0 Å². The highest BCUT2D eigenvalue weighted by molar-refractivity contribution is 7.92. The quantitative estimate of drug-likeness (QED) is 0.889. The molecule has 1 amide bonds. The number of rotatable bonds is 4. The minimum absolute atomic E-state index is 0.0600. The maximum Gasteiger partial charge on any atom is 0.261 e. The van der Waals surface area contributed by atoms with Crippen molar-refractivity contribution in [3.8, 4) is 11.5 Å². The predicted octanol–water partition coefficient (Wildman–Crippen LogP) is 2.45. The van der Waals surface area contributed by atoms with E-state index in [0.29, 0.717) is 22.7 Å². The maximum atomic E-state index is 12.6. The zero-order valence-electron chi connectivity index (χ0n) is 14.0. The van der Waals surface area contributed by atoms with Crippen molar-refractivity contribution >= 4 is 21.6 Å². The van der Waals surface area contributed by atoms with Crippen LogP contribution in [0.15, 0.2) is 47.4 Å². The molecule has 0 bridgehead atoms. The molecule has 2 aliphatic heterocycles. The molecule has 0 aromatic heterocycles. The molecule has 2 aliphatic rings. The molecule has 136 valence electrons. The van der Waals surface area contributed by atoms with Gasteiger partial charge in [0.1, 0.15) is 0 Å². The lowest BCUT2D eigenvalue weighted by Gasteiger charge is -2.15. The second-order valence-electron chi connectivity index (χ2n) is 6.20. The van der Waals surface area contributed by atoms with Gasteiger partial charge in [0.15, 0.2) is 11.5 Å². The summed E-state index contributed by atoms with van der Waals surface area (Å²) in [4.78, 5) is 14.2. The van der Waals surface area contributed by atoms with Crippen LogP contribution in [0.4, 0.5) is 5.69 Å². The average molecular weight is 374 g/mol. The van der Waals surface area contributed by atoms with Crippen LogP contribution < -0.4 is 14.2 Å². The second-order valence-corrected chi connectivity index (χ2v) is 7.88. The van der Waals surface area contributed by atoms with Crippen LogP contribution >= 0.6 is 0 Å². The van der Waals surface area contributed by atoms with Gasteiger partial charge in [0.25, 0.3) is 15.9 Å². The van der Waals surface area contributed by atoms with Crippen LogP contribution in [0.1, 0.15) is 23.2 Å². The Bertz CT molecular complexity index is 935. The van der Waals surface area contributed by atoms with E-state index in [1.165, 1.54) is 12.1 Å². The normalized spacial score (nSPS) is 15.9. The first-order valence-corrected chi connectivity index (χ1v) is 9.83. The molecule has 2 heterocycles. The Morgan fingerprint density at radius 3 is 2.38 bits per heavy atom. The van der Waals surface area contributed by atoms with Crippen LogP contribution in [0.3, 0.4) is 0 Å². The van der Waals surface area contributed by atoms with E-state index in [4.69, 9.17) is 9.47 Å². The van der Waals surface area contributed by atoms with Crippen molar-refractivity contribution in [2.75, 3.05) is 24.6 Å². The van der Waals surface area contributed by atoms with Gasteiger partial charge in [-0.3, -0.25) is 9.52 Å². The van der Waals surface area contributed by atoms with Crippen molar-refractivity contribution in [2.45, 2.75) is 17.7 Å². The van der Waals surface area contributed by atoms with Crippen molar-refractivity contribution in [3.63, 3.8) is 0 Å². The lowest BCUT2D eigenvalue weighted by Crippen LogP contribution is -2.27. The fourth-order valence-electron chi connectivity index (χ4n) is 3.05. The first-order valence-electron chi connectivity index (χ1n) is 8.35. The van der Waals surface area contributed by atoms with Crippen LogP contribution in [0.25, 0.3) is 0 Å². The second kappa shape index (κ2) is 6.53. The van der Waals surface area contributed by atoms with Gasteiger partial charge in [0, 0.05) is 24.7 Å². The summed E-state index contributed by atoms with van der Waals surface area (Å²) in [5.74, 6) is 1.02. The summed E-state index contributed by atoms with van der Waals surface area (Å²) in [6.07, 6.45) is 2.02. The third-order valence-electron chi connectivity index (χ3n) is 4.43. The number of benzene rings is 2. The van der Waals surface area contributed by atoms with Gasteiger partial charge in [-0.15, -0.1) is 0 Å². The minimum atomic E-state index is -3.76. The van der Waals surface area contributed by atoms with Gasteiger partial charge in [0.05, 0.1) is 10.6 Å². The molecule has 1 fully saturated rings. The maximum absolute atomic E-state index is 12.6. The summed E-state index contributed by atoms with van der Waals surface area (Å²) in [5, 5.41) is 0. The summed E-state index contributed by atoms with van der Waals surface area (Å²) in [7, 11) is -3.76. The van der Waals surface area contributed by atoms with Gasteiger partial charge in [-0.1, -0.05) is 0 Å². The molecule has 4 rings (SSSR count). The lowest BCUT2D eigenvalue weighted by atomic mass is 10.2.